The number of benzene rings is 1. The summed E-state index contributed by atoms with van der Waals surface area (Å²) in [7, 11) is 5.21. The highest BCUT2D eigenvalue weighted by atomic mass is 16.7. The Morgan fingerprint density at radius 3 is 2.17 bits per heavy atom. The maximum absolute atomic E-state index is 14.5. The van der Waals surface area contributed by atoms with Gasteiger partial charge in [0.2, 0.25) is 0 Å². The number of carbonyl (C=O) groups is 3. The van der Waals surface area contributed by atoms with Crippen molar-refractivity contribution < 1.29 is 68.3 Å². The third kappa shape index (κ3) is 12.4. The Bertz CT molecular complexity index is 2090. The van der Waals surface area contributed by atoms with Crippen molar-refractivity contribution in [3.63, 3.8) is 0 Å². The summed E-state index contributed by atoms with van der Waals surface area (Å²) in [5.41, 5.74) is -3.13. The summed E-state index contributed by atoms with van der Waals surface area (Å²) in [6.07, 6.45) is -7.11. The van der Waals surface area contributed by atoms with E-state index in [9.17, 15) is 39.9 Å². The second-order valence-electron chi connectivity index (χ2n) is 21.7. The topological polar surface area (TPSA) is 248 Å². The van der Waals surface area contributed by atoms with Gasteiger partial charge >= 0.3 is 5.97 Å². The highest BCUT2D eigenvalue weighted by Gasteiger charge is 2.53. The maximum Gasteiger partial charge on any atom is 0.311 e. The number of hydrogen-bond acceptors (Lipinski definition) is 18. The van der Waals surface area contributed by atoms with Gasteiger partial charge in [-0.2, -0.15) is 0 Å². The number of fused-ring (bicyclic) bond motifs is 1. The Morgan fingerprint density at radius 1 is 0.901 bits per heavy atom. The summed E-state index contributed by atoms with van der Waals surface area (Å²) in [5.74, 6) is -3.53. The van der Waals surface area contributed by atoms with Crippen molar-refractivity contribution in [3.05, 3.63) is 47.3 Å². The molecule has 18 atom stereocenters. The first-order chi connectivity index (χ1) is 33.2. The molecule has 4 aliphatic heterocycles. The number of nitrogens with zero attached hydrogens (tertiary/aromatic N) is 6. The van der Waals surface area contributed by atoms with Gasteiger partial charge in [-0.1, -0.05) is 38.1 Å². The molecule has 4 aliphatic rings. The summed E-state index contributed by atoms with van der Waals surface area (Å²) in [6.45, 7) is 18.7. The van der Waals surface area contributed by atoms with E-state index >= 15 is 0 Å². The van der Waals surface area contributed by atoms with E-state index in [2.05, 4.69) is 10.3 Å². The zero-order valence-electron chi connectivity index (χ0n) is 44.0. The lowest BCUT2D eigenvalue weighted by Gasteiger charge is -2.49. The van der Waals surface area contributed by atoms with Gasteiger partial charge in [0.25, 0.3) is 11.8 Å². The molecule has 0 spiro atoms. The molecule has 0 aliphatic carbocycles. The van der Waals surface area contributed by atoms with Gasteiger partial charge < -0.3 is 63.8 Å². The molecule has 0 unspecified atom stereocenters. The quantitative estimate of drug-likeness (QED) is 0.143. The minimum absolute atomic E-state index is 0.0871. The van der Waals surface area contributed by atoms with Crippen molar-refractivity contribution >= 4 is 17.8 Å². The van der Waals surface area contributed by atoms with Gasteiger partial charge in [0.15, 0.2) is 12.6 Å². The van der Waals surface area contributed by atoms with Crippen LogP contribution >= 0.6 is 0 Å². The molecule has 5 heterocycles. The molecule has 20 nitrogen and oxygen atoms in total. The summed E-state index contributed by atoms with van der Waals surface area (Å²) in [6, 6.07) is 5.70. The average molecular weight is 1000 g/mol. The number of likely N-dealkylation sites (N-methyl/N-ethyl adjacent to an activating group) is 2. The fraction of sp³-hybridized carbons (Fsp3) is 0.784. The number of aliphatic hydroxyl groups is 5. The molecular weight excluding hydrogens is 921 g/mol. The first-order valence-electron chi connectivity index (χ1n) is 25.4. The van der Waals surface area contributed by atoms with Crippen LogP contribution in [0.4, 0.5) is 0 Å². The van der Waals surface area contributed by atoms with E-state index < -0.39 is 108 Å². The molecule has 0 radical (unpaired) electrons. The first-order valence-corrected chi connectivity index (χ1v) is 25.4. The minimum atomic E-state index is -1.85. The number of aliphatic hydroxyl groups excluding tert-OH is 3. The molecule has 1 aromatic carbocycles. The van der Waals surface area contributed by atoms with Crippen LogP contribution in [-0.4, -0.2) is 204 Å². The normalized spacial score (nSPS) is 40.4. The van der Waals surface area contributed by atoms with Crippen LogP contribution in [0, 0.1) is 17.8 Å². The SMILES string of the molecule is CC[C@H]1OC(=O)[C@H](C)[C@@H](O[C@H]2C[C@@](C)(OC)[C@@H](O)[C@H](C)O2)[C@H](C)[C@@H](O[C@@H]2O[C@H](C)C[C@H](N(C)CCc3cn(CCN4C(=O)c5ccccc5C4=O)nn3)[C@H]2O)[C@](C)(O)C[C@@H](C)CN(C)[C@H](C)[C@@H](O)[C@]1(C)O. The fourth-order valence-corrected chi connectivity index (χ4v) is 11.3. The molecule has 2 aromatic rings. The Balaban J connectivity index is 1.24. The van der Waals surface area contributed by atoms with Crippen molar-refractivity contribution in [2.75, 3.05) is 40.8 Å². The predicted molar refractivity (Wildman–Crippen MR) is 259 cm³/mol. The number of cyclic esters (lactones) is 1. The van der Waals surface area contributed by atoms with Crippen molar-refractivity contribution in [2.24, 2.45) is 17.8 Å². The summed E-state index contributed by atoms with van der Waals surface area (Å²) in [5, 5.41) is 68.2. The Hall–Kier alpha value is -3.51. The summed E-state index contributed by atoms with van der Waals surface area (Å²) >= 11 is 0. The summed E-state index contributed by atoms with van der Waals surface area (Å²) < 4.78 is 39.8. The highest BCUT2D eigenvalue weighted by molar-refractivity contribution is 6.21. The number of rotatable bonds is 13. The van der Waals surface area contributed by atoms with Gasteiger partial charge in [-0.05, 0) is 99.9 Å². The van der Waals surface area contributed by atoms with Crippen LogP contribution in [0.2, 0.25) is 0 Å². The Morgan fingerprint density at radius 2 is 1.55 bits per heavy atom. The number of carbonyl (C=O) groups excluding carboxylic acids is 3. The standard InChI is InChI=1S/C51H82N6O14/c1-14-38-51(10,65)42(59)32(6)55(12)26-28(2)24-49(8,64)44(30(4)41(31(5)47(63)69-38)70-39-25-50(9,66-13)43(60)33(7)68-39)71-48-40(58)37(23-29(3)67-48)54(11)20-19-34-27-56(53-52-34)21-22-57-45(61)35-17-15-16-18-36(35)46(57)62/h15-18,27-33,37-44,48,58-60,64-65H,14,19-26H2,1-13H3/t28-,29-,30+,31-,32-,33+,37+,38-,39+,40-,41+,42-,43+,44-,48+,49-,50-,51-/m1/s1. The molecule has 400 valence electrons. The Kier molecular flexibility index (Phi) is 18.3. The van der Waals surface area contributed by atoms with Crippen molar-refractivity contribution in [3.8, 4) is 0 Å². The lowest BCUT2D eigenvalue weighted by molar-refractivity contribution is -0.318. The number of ether oxygens (including phenoxy) is 6. The molecule has 2 amide bonds. The number of imide groups is 1. The fourth-order valence-electron chi connectivity index (χ4n) is 11.3. The second-order valence-corrected chi connectivity index (χ2v) is 21.7. The molecule has 20 heteroatoms. The molecule has 3 saturated heterocycles. The largest absolute Gasteiger partial charge is 0.459 e. The van der Waals surface area contributed by atoms with Gasteiger partial charge in [0, 0.05) is 63.8 Å². The molecule has 6 rings (SSSR count). The smallest absolute Gasteiger partial charge is 0.311 e. The third-order valence-electron chi connectivity index (χ3n) is 15.8. The Labute approximate surface area is 418 Å². The predicted octanol–water partition coefficient (Wildman–Crippen LogP) is 2.40. The van der Waals surface area contributed by atoms with Gasteiger partial charge in [0.05, 0.1) is 64.9 Å². The van der Waals surface area contributed by atoms with Crippen LogP contribution in [0.25, 0.3) is 0 Å². The van der Waals surface area contributed by atoms with Gasteiger partial charge in [0.1, 0.15) is 30.0 Å². The van der Waals surface area contributed by atoms with E-state index in [0.29, 0.717) is 42.8 Å². The van der Waals surface area contributed by atoms with Crippen LogP contribution in [0.3, 0.4) is 0 Å². The van der Waals surface area contributed by atoms with Crippen molar-refractivity contribution in [1.29, 1.82) is 0 Å². The van der Waals surface area contributed by atoms with E-state index in [4.69, 9.17) is 28.4 Å². The lowest BCUT2D eigenvalue weighted by Crippen LogP contribution is -2.61. The summed E-state index contributed by atoms with van der Waals surface area (Å²) in [4.78, 5) is 45.4. The van der Waals surface area contributed by atoms with Crippen LogP contribution in [-0.2, 0) is 46.2 Å². The van der Waals surface area contributed by atoms with Crippen LogP contribution in [0.1, 0.15) is 121 Å². The van der Waals surface area contributed by atoms with E-state index in [-0.39, 0.29) is 50.1 Å². The van der Waals surface area contributed by atoms with Gasteiger partial charge in [-0.3, -0.25) is 24.0 Å². The van der Waals surface area contributed by atoms with Crippen LogP contribution in [0.5, 0.6) is 0 Å². The molecule has 5 N–H and O–H groups in total. The molecule has 71 heavy (non-hydrogen) atoms. The number of esters is 1. The molecular formula is C51H82N6O14. The molecule has 0 bridgehead atoms. The van der Waals surface area contributed by atoms with E-state index in [1.54, 1.807) is 83.6 Å². The third-order valence-corrected chi connectivity index (χ3v) is 15.8. The zero-order chi connectivity index (χ0) is 52.5. The first kappa shape index (κ1) is 56.8. The van der Waals surface area contributed by atoms with E-state index in [1.165, 1.54) is 18.9 Å². The number of aromatic nitrogens is 3. The van der Waals surface area contributed by atoms with Gasteiger partial charge in [-0.15, -0.1) is 5.10 Å². The van der Waals surface area contributed by atoms with E-state index in [1.807, 2.05) is 37.7 Å². The van der Waals surface area contributed by atoms with Gasteiger partial charge in [-0.25, -0.2) is 0 Å². The molecule has 0 saturated carbocycles. The lowest BCUT2D eigenvalue weighted by atomic mass is 9.77. The second kappa shape index (κ2) is 22.9. The van der Waals surface area contributed by atoms with E-state index in [0.717, 1.165) is 0 Å². The molecule has 1 aromatic heterocycles. The number of methoxy groups -OCH3 is 1. The van der Waals surface area contributed by atoms with Crippen molar-refractivity contribution in [1.82, 2.24) is 29.7 Å². The number of amides is 2. The average Bonchev–Trinajstić information content (AvgIpc) is 3.88. The highest BCUT2D eigenvalue weighted by Crippen LogP contribution is 2.40. The number of hydrogen-bond donors (Lipinski definition) is 5. The molecule has 3 fully saturated rings. The monoisotopic (exact) mass is 1000 g/mol. The van der Waals surface area contributed by atoms with Crippen molar-refractivity contribution in [2.45, 2.75) is 198 Å². The van der Waals surface area contributed by atoms with Crippen LogP contribution in [0.15, 0.2) is 30.5 Å². The zero-order valence-corrected chi connectivity index (χ0v) is 44.0. The van der Waals surface area contributed by atoms with Crippen LogP contribution < -0.4 is 0 Å². The maximum atomic E-state index is 14.5. The minimum Gasteiger partial charge on any atom is -0.459 e.